The predicted molar refractivity (Wildman–Crippen MR) is 56.5 cm³/mol. The number of aromatic nitrogens is 3. The number of aryl methyl sites for hydroxylation is 2. The van der Waals surface area contributed by atoms with Gasteiger partial charge in [0.1, 0.15) is 11.5 Å². The molecule has 2 heterocycles. The van der Waals surface area contributed by atoms with Crippen molar-refractivity contribution in [3.8, 4) is 0 Å². The van der Waals surface area contributed by atoms with Crippen molar-refractivity contribution in [2.45, 2.75) is 26.9 Å². The zero-order valence-corrected chi connectivity index (χ0v) is 8.90. The number of anilines is 1. The molecule has 15 heavy (non-hydrogen) atoms. The first-order valence-corrected chi connectivity index (χ1v) is 4.97. The Balaban J connectivity index is 1.98. The second-order valence-corrected chi connectivity index (χ2v) is 3.32. The average Bonchev–Trinajstić information content (AvgIpc) is 2.83. The highest BCUT2D eigenvalue weighted by Gasteiger charge is 2.03. The molecule has 0 bridgehead atoms. The topological polar surface area (TPSA) is 55.9 Å². The SMILES string of the molecule is CCn1ccnc1NCc1cc(C)on1. The quantitative estimate of drug-likeness (QED) is 0.828. The molecule has 0 aliphatic rings. The van der Waals surface area contributed by atoms with E-state index in [0.717, 1.165) is 23.9 Å². The molecule has 0 unspecified atom stereocenters. The Labute approximate surface area is 88.1 Å². The summed E-state index contributed by atoms with van der Waals surface area (Å²) in [6, 6.07) is 1.91. The molecular formula is C10H14N4O. The van der Waals surface area contributed by atoms with E-state index in [9.17, 15) is 0 Å². The van der Waals surface area contributed by atoms with Gasteiger partial charge in [-0.25, -0.2) is 4.98 Å². The van der Waals surface area contributed by atoms with Gasteiger partial charge in [0.2, 0.25) is 5.95 Å². The Kier molecular flexibility index (Phi) is 2.71. The van der Waals surface area contributed by atoms with Gasteiger partial charge in [-0.05, 0) is 13.8 Å². The van der Waals surface area contributed by atoms with E-state index in [4.69, 9.17) is 4.52 Å². The lowest BCUT2D eigenvalue weighted by atomic mass is 10.4. The minimum absolute atomic E-state index is 0.633. The van der Waals surface area contributed by atoms with Crippen molar-refractivity contribution < 1.29 is 4.52 Å². The van der Waals surface area contributed by atoms with E-state index in [-0.39, 0.29) is 0 Å². The highest BCUT2D eigenvalue weighted by atomic mass is 16.5. The summed E-state index contributed by atoms with van der Waals surface area (Å²) in [7, 11) is 0. The third-order valence-electron chi connectivity index (χ3n) is 2.16. The molecule has 80 valence electrons. The van der Waals surface area contributed by atoms with Crippen molar-refractivity contribution in [1.82, 2.24) is 14.7 Å². The molecule has 0 amide bonds. The molecule has 0 saturated heterocycles. The van der Waals surface area contributed by atoms with Crippen LogP contribution in [-0.2, 0) is 13.1 Å². The molecule has 2 aromatic heterocycles. The zero-order chi connectivity index (χ0) is 10.7. The second-order valence-electron chi connectivity index (χ2n) is 3.32. The van der Waals surface area contributed by atoms with E-state index in [1.54, 1.807) is 6.20 Å². The number of nitrogens with one attached hydrogen (secondary N) is 1. The molecule has 0 saturated carbocycles. The Morgan fingerprint density at radius 2 is 2.40 bits per heavy atom. The molecule has 2 rings (SSSR count). The lowest BCUT2D eigenvalue weighted by Crippen LogP contribution is -2.06. The Bertz CT molecular complexity index is 432. The summed E-state index contributed by atoms with van der Waals surface area (Å²) in [6.45, 7) is 5.49. The predicted octanol–water partition coefficient (Wildman–Crippen LogP) is 1.81. The van der Waals surface area contributed by atoms with E-state index < -0.39 is 0 Å². The summed E-state index contributed by atoms with van der Waals surface area (Å²) in [6.07, 6.45) is 3.72. The van der Waals surface area contributed by atoms with Crippen LogP contribution in [0, 0.1) is 6.92 Å². The summed E-state index contributed by atoms with van der Waals surface area (Å²) in [4.78, 5) is 4.20. The first-order chi connectivity index (χ1) is 7.29. The molecule has 0 aliphatic carbocycles. The summed E-state index contributed by atoms with van der Waals surface area (Å²) in [5.74, 6) is 1.68. The van der Waals surface area contributed by atoms with E-state index in [2.05, 4.69) is 22.4 Å². The molecule has 2 aromatic rings. The van der Waals surface area contributed by atoms with Crippen LogP contribution in [0.4, 0.5) is 5.95 Å². The van der Waals surface area contributed by atoms with Crippen LogP contribution in [0.5, 0.6) is 0 Å². The van der Waals surface area contributed by atoms with Gasteiger partial charge in [0, 0.05) is 25.0 Å². The molecule has 0 atom stereocenters. The van der Waals surface area contributed by atoms with Crippen LogP contribution < -0.4 is 5.32 Å². The minimum atomic E-state index is 0.633. The minimum Gasteiger partial charge on any atom is -0.361 e. The van der Waals surface area contributed by atoms with Crippen LogP contribution in [0.25, 0.3) is 0 Å². The first-order valence-electron chi connectivity index (χ1n) is 4.97. The molecule has 0 aromatic carbocycles. The lowest BCUT2D eigenvalue weighted by Gasteiger charge is -2.05. The number of imidazole rings is 1. The molecule has 1 N–H and O–H groups in total. The Morgan fingerprint density at radius 3 is 3.07 bits per heavy atom. The van der Waals surface area contributed by atoms with Gasteiger partial charge in [-0.1, -0.05) is 5.16 Å². The van der Waals surface area contributed by atoms with Gasteiger partial charge in [0.15, 0.2) is 0 Å². The maximum absolute atomic E-state index is 4.97. The van der Waals surface area contributed by atoms with Crippen molar-refractivity contribution in [2.24, 2.45) is 0 Å². The summed E-state index contributed by atoms with van der Waals surface area (Å²) in [5.41, 5.74) is 0.887. The van der Waals surface area contributed by atoms with Crippen LogP contribution in [-0.4, -0.2) is 14.7 Å². The van der Waals surface area contributed by atoms with Crippen LogP contribution in [0.3, 0.4) is 0 Å². The van der Waals surface area contributed by atoms with Crippen LogP contribution >= 0.6 is 0 Å². The Morgan fingerprint density at radius 1 is 1.53 bits per heavy atom. The fraction of sp³-hybridized carbons (Fsp3) is 0.400. The average molecular weight is 206 g/mol. The van der Waals surface area contributed by atoms with Gasteiger partial charge in [-0.2, -0.15) is 0 Å². The van der Waals surface area contributed by atoms with Crippen LogP contribution in [0.1, 0.15) is 18.4 Å². The van der Waals surface area contributed by atoms with Gasteiger partial charge >= 0.3 is 0 Å². The van der Waals surface area contributed by atoms with Gasteiger partial charge in [0.25, 0.3) is 0 Å². The van der Waals surface area contributed by atoms with Gasteiger partial charge < -0.3 is 14.4 Å². The molecule has 0 radical (unpaired) electrons. The van der Waals surface area contributed by atoms with Crippen molar-refractivity contribution >= 4 is 5.95 Å². The summed E-state index contributed by atoms with van der Waals surface area (Å²) >= 11 is 0. The van der Waals surface area contributed by atoms with E-state index >= 15 is 0 Å². The third kappa shape index (κ3) is 2.18. The molecule has 5 heteroatoms. The molecule has 0 aliphatic heterocycles. The molecular weight excluding hydrogens is 192 g/mol. The second kappa shape index (κ2) is 4.16. The summed E-state index contributed by atoms with van der Waals surface area (Å²) < 4.78 is 7.01. The monoisotopic (exact) mass is 206 g/mol. The number of hydrogen-bond acceptors (Lipinski definition) is 4. The van der Waals surface area contributed by atoms with Gasteiger partial charge in [-0.3, -0.25) is 0 Å². The van der Waals surface area contributed by atoms with E-state index in [0.29, 0.717) is 6.54 Å². The molecule has 5 nitrogen and oxygen atoms in total. The molecule has 0 fully saturated rings. The van der Waals surface area contributed by atoms with Crippen molar-refractivity contribution in [3.63, 3.8) is 0 Å². The number of nitrogens with zero attached hydrogens (tertiary/aromatic N) is 3. The van der Waals surface area contributed by atoms with Crippen molar-refractivity contribution in [3.05, 3.63) is 29.9 Å². The lowest BCUT2D eigenvalue weighted by molar-refractivity contribution is 0.391. The maximum atomic E-state index is 4.97. The molecule has 0 spiro atoms. The number of hydrogen-bond donors (Lipinski definition) is 1. The van der Waals surface area contributed by atoms with Crippen molar-refractivity contribution in [2.75, 3.05) is 5.32 Å². The highest BCUT2D eigenvalue weighted by Crippen LogP contribution is 2.07. The van der Waals surface area contributed by atoms with Crippen LogP contribution in [0.2, 0.25) is 0 Å². The Hall–Kier alpha value is -1.78. The first kappa shape index (κ1) is 9.76. The van der Waals surface area contributed by atoms with Gasteiger partial charge in [-0.15, -0.1) is 0 Å². The highest BCUT2D eigenvalue weighted by molar-refractivity contribution is 5.26. The maximum Gasteiger partial charge on any atom is 0.203 e. The van der Waals surface area contributed by atoms with E-state index in [1.165, 1.54) is 0 Å². The smallest absolute Gasteiger partial charge is 0.203 e. The third-order valence-corrected chi connectivity index (χ3v) is 2.16. The standard InChI is InChI=1S/C10H14N4O/c1-3-14-5-4-11-10(14)12-7-9-6-8(2)15-13-9/h4-6H,3,7H2,1-2H3,(H,11,12). The fourth-order valence-electron chi connectivity index (χ4n) is 1.40. The van der Waals surface area contributed by atoms with Gasteiger partial charge in [0.05, 0.1) is 6.54 Å². The largest absolute Gasteiger partial charge is 0.361 e. The number of rotatable bonds is 4. The van der Waals surface area contributed by atoms with E-state index in [1.807, 2.05) is 23.8 Å². The zero-order valence-electron chi connectivity index (χ0n) is 8.90. The fourth-order valence-corrected chi connectivity index (χ4v) is 1.40. The normalized spacial score (nSPS) is 10.5. The summed E-state index contributed by atoms with van der Waals surface area (Å²) in [5, 5.41) is 7.10. The van der Waals surface area contributed by atoms with Crippen molar-refractivity contribution in [1.29, 1.82) is 0 Å². The van der Waals surface area contributed by atoms with Crippen LogP contribution in [0.15, 0.2) is 23.0 Å².